The normalized spacial score (nSPS) is 10.0. The number of benzene rings is 1. The molecule has 0 spiro atoms. The molecule has 0 amide bonds. The largest absolute Gasteiger partial charge is 0.478 e. The zero-order valence-corrected chi connectivity index (χ0v) is 8.37. The molecule has 0 saturated heterocycles. The molecule has 0 atom stereocenters. The van der Waals surface area contributed by atoms with Crippen LogP contribution in [0.25, 0.3) is 11.3 Å². The second kappa shape index (κ2) is 3.98. The maximum atomic E-state index is 10.7. The number of aromatic nitrogens is 3. The Balaban J connectivity index is 2.34. The van der Waals surface area contributed by atoms with Crippen molar-refractivity contribution in [2.24, 2.45) is 0 Å². The van der Waals surface area contributed by atoms with E-state index in [-0.39, 0.29) is 11.3 Å². The highest BCUT2D eigenvalue weighted by molar-refractivity contribution is 6.13. The first-order valence-electron chi connectivity index (χ1n) is 4.59. The Morgan fingerprint density at radius 2 is 2.00 bits per heavy atom. The molecular formula is C11H9N3O2. The summed E-state index contributed by atoms with van der Waals surface area (Å²) in [5.74, 6) is -1.10. The first-order chi connectivity index (χ1) is 7.68. The van der Waals surface area contributed by atoms with E-state index in [0.29, 0.717) is 0 Å². The molecule has 5 nitrogen and oxygen atoms in total. The lowest BCUT2D eigenvalue weighted by Crippen LogP contribution is -1.98. The predicted octanol–water partition coefficient (Wildman–Crippen LogP) is 1.37. The fraction of sp³-hybridized carbons (Fsp3) is 0. The van der Waals surface area contributed by atoms with Crippen molar-refractivity contribution in [1.29, 1.82) is 0 Å². The van der Waals surface area contributed by atoms with E-state index in [4.69, 9.17) is 5.11 Å². The van der Waals surface area contributed by atoms with Crippen LogP contribution in [0.4, 0.5) is 0 Å². The molecule has 0 aliphatic heterocycles. The predicted molar refractivity (Wildman–Crippen MR) is 58.0 cm³/mol. The van der Waals surface area contributed by atoms with Gasteiger partial charge in [0.1, 0.15) is 5.69 Å². The molecule has 0 unspecified atom stereocenters. The van der Waals surface area contributed by atoms with E-state index >= 15 is 0 Å². The summed E-state index contributed by atoms with van der Waals surface area (Å²) in [5, 5.41) is 16.3. The van der Waals surface area contributed by atoms with E-state index in [0.717, 1.165) is 5.69 Å². The van der Waals surface area contributed by atoms with E-state index < -0.39 is 5.97 Å². The fourth-order valence-corrected chi connectivity index (χ4v) is 1.22. The molecule has 80 valence electrons. The highest BCUT2D eigenvalue weighted by atomic mass is 16.4. The topological polar surface area (TPSA) is 68.0 Å². The van der Waals surface area contributed by atoms with E-state index in [1.807, 2.05) is 30.3 Å². The summed E-state index contributed by atoms with van der Waals surface area (Å²) >= 11 is 0. The van der Waals surface area contributed by atoms with Crippen LogP contribution in [0, 0.1) is 0 Å². The Bertz CT molecular complexity index is 531. The van der Waals surface area contributed by atoms with Crippen LogP contribution < -0.4 is 0 Å². The van der Waals surface area contributed by atoms with Gasteiger partial charge in [-0.05, 0) is 12.1 Å². The van der Waals surface area contributed by atoms with Gasteiger partial charge in [0.15, 0.2) is 0 Å². The lowest BCUT2D eigenvalue weighted by Gasteiger charge is -1.97. The highest BCUT2D eigenvalue weighted by Crippen LogP contribution is 2.11. The summed E-state index contributed by atoms with van der Waals surface area (Å²) < 4.78 is 1.50. The van der Waals surface area contributed by atoms with Gasteiger partial charge in [-0.3, -0.25) is 0 Å². The van der Waals surface area contributed by atoms with Crippen molar-refractivity contribution in [3.05, 3.63) is 48.8 Å². The molecule has 1 N–H and O–H groups in total. The van der Waals surface area contributed by atoms with Gasteiger partial charge >= 0.3 is 5.97 Å². The molecule has 2 rings (SSSR count). The monoisotopic (exact) mass is 215 g/mol. The van der Waals surface area contributed by atoms with Crippen molar-refractivity contribution in [1.82, 2.24) is 15.0 Å². The molecule has 1 aromatic heterocycles. The Morgan fingerprint density at radius 3 is 2.62 bits per heavy atom. The first kappa shape index (κ1) is 10.1. The van der Waals surface area contributed by atoms with Crippen molar-refractivity contribution in [2.45, 2.75) is 0 Å². The fourth-order valence-electron chi connectivity index (χ4n) is 1.22. The van der Waals surface area contributed by atoms with Gasteiger partial charge in [0, 0.05) is 0 Å². The summed E-state index contributed by atoms with van der Waals surface area (Å²) in [6.07, 6.45) is 1.53. The summed E-state index contributed by atoms with van der Waals surface area (Å²) in [6, 6.07) is 9.31. The summed E-state index contributed by atoms with van der Waals surface area (Å²) in [7, 11) is 0. The van der Waals surface area contributed by atoms with Crippen LogP contribution in [0.1, 0.15) is 5.69 Å². The minimum absolute atomic E-state index is 0.0674. The number of hydrogen-bond acceptors (Lipinski definition) is 3. The molecule has 2 aromatic rings. The SMILES string of the molecule is C=C(C(=O)O)c1cn(-c2ccccc2)nn1. The van der Waals surface area contributed by atoms with Gasteiger partial charge in [-0.1, -0.05) is 30.0 Å². The van der Waals surface area contributed by atoms with Crippen LogP contribution in [0.5, 0.6) is 0 Å². The van der Waals surface area contributed by atoms with Gasteiger partial charge in [-0.25, -0.2) is 9.48 Å². The summed E-state index contributed by atoms with van der Waals surface area (Å²) in [5.41, 5.74) is 1.01. The van der Waals surface area contributed by atoms with E-state index in [1.54, 1.807) is 0 Å². The molecule has 16 heavy (non-hydrogen) atoms. The van der Waals surface area contributed by atoms with E-state index in [9.17, 15) is 4.79 Å². The minimum Gasteiger partial charge on any atom is -0.478 e. The van der Waals surface area contributed by atoms with Crippen LogP contribution >= 0.6 is 0 Å². The number of rotatable bonds is 3. The second-order valence-electron chi connectivity index (χ2n) is 3.17. The zero-order chi connectivity index (χ0) is 11.5. The lowest BCUT2D eigenvalue weighted by atomic mass is 10.2. The molecule has 0 aliphatic carbocycles. The average molecular weight is 215 g/mol. The number of carbonyl (C=O) groups is 1. The average Bonchev–Trinajstić information content (AvgIpc) is 2.78. The standard InChI is InChI=1S/C11H9N3O2/c1-8(11(15)16)10-7-14(13-12-10)9-5-3-2-4-6-9/h2-7H,1H2,(H,15,16). The van der Waals surface area contributed by atoms with Crippen LogP contribution in [0.2, 0.25) is 0 Å². The molecule has 0 aliphatic rings. The van der Waals surface area contributed by atoms with E-state index in [1.165, 1.54) is 10.9 Å². The molecular weight excluding hydrogens is 206 g/mol. The van der Waals surface area contributed by atoms with Crippen molar-refractivity contribution >= 4 is 11.5 Å². The molecule has 0 radical (unpaired) electrons. The molecule has 1 heterocycles. The zero-order valence-electron chi connectivity index (χ0n) is 8.37. The second-order valence-corrected chi connectivity index (χ2v) is 3.17. The maximum Gasteiger partial charge on any atom is 0.337 e. The lowest BCUT2D eigenvalue weighted by molar-refractivity contribution is -0.130. The van der Waals surface area contributed by atoms with Crippen molar-refractivity contribution < 1.29 is 9.90 Å². The molecule has 5 heteroatoms. The molecule has 0 saturated carbocycles. The number of hydrogen-bond donors (Lipinski definition) is 1. The van der Waals surface area contributed by atoms with Crippen molar-refractivity contribution in [3.8, 4) is 5.69 Å². The first-order valence-corrected chi connectivity index (χ1v) is 4.59. The van der Waals surface area contributed by atoms with Gasteiger partial charge in [-0.15, -0.1) is 5.10 Å². The Hall–Kier alpha value is -2.43. The van der Waals surface area contributed by atoms with Crippen LogP contribution in [-0.4, -0.2) is 26.1 Å². The number of nitrogens with zero attached hydrogens (tertiary/aromatic N) is 3. The number of aliphatic carboxylic acids is 1. The Kier molecular flexibility index (Phi) is 2.51. The third-order valence-electron chi connectivity index (χ3n) is 2.08. The Labute approximate surface area is 91.6 Å². The van der Waals surface area contributed by atoms with Crippen LogP contribution in [-0.2, 0) is 4.79 Å². The highest BCUT2D eigenvalue weighted by Gasteiger charge is 2.11. The number of carboxylic acids is 1. The third-order valence-corrected chi connectivity index (χ3v) is 2.08. The summed E-state index contributed by atoms with van der Waals surface area (Å²) in [6.45, 7) is 3.42. The van der Waals surface area contributed by atoms with Gasteiger partial charge in [0.05, 0.1) is 17.5 Å². The third kappa shape index (κ3) is 1.83. The molecule has 0 bridgehead atoms. The minimum atomic E-state index is -1.10. The molecule has 1 aromatic carbocycles. The van der Waals surface area contributed by atoms with Gasteiger partial charge in [0.25, 0.3) is 0 Å². The van der Waals surface area contributed by atoms with Gasteiger partial charge < -0.3 is 5.11 Å². The van der Waals surface area contributed by atoms with Gasteiger partial charge in [0.2, 0.25) is 0 Å². The number of carboxylic acid groups (broad SMARTS) is 1. The van der Waals surface area contributed by atoms with Crippen LogP contribution in [0.3, 0.4) is 0 Å². The van der Waals surface area contributed by atoms with E-state index in [2.05, 4.69) is 16.9 Å². The van der Waals surface area contributed by atoms with Crippen molar-refractivity contribution in [2.75, 3.05) is 0 Å². The Morgan fingerprint density at radius 1 is 1.31 bits per heavy atom. The number of para-hydroxylation sites is 1. The molecule has 0 fully saturated rings. The maximum absolute atomic E-state index is 10.7. The quantitative estimate of drug-likeness (QED) is 0.785. The summed E-state index contributed by atoms with van der Waals surface area (Å²) in [4.78, 5) is 10.7. The van der Waals surface area contributed by atoms with Crippen LogP contribution in [0.15, 0.2) is 43.1 Å². The van der Waals surface area contributed by atoms with Crippen molar-refractivity contribution in [3.63, 3.8) is 0 Å². The van der Waals surface area contributed by atoms with Gasteiger partial charge in [-0.2, -0.15) is 0 Å². The smallest absolute Gasteiger partial charge is 0.337 e.